The lowest BCUT2D eigenvalue weighted by molar-refractivity contribution is -0.198. The molecule has 4 aliphatic carbocycles. The van der Waals surface area contributed by atoms with E-state index in [4.69, 9.17) is 4.98 Å². The molecular weight excluding hydrogens is 799 g/mol. The third-order valence-corrected chi connectivity index (χ3v) is 15.4. The zero-order chi connectivity index (χ0) is 46.1. The van der Waals surface area contributed by atoms with Crippen molar-refractivity contribution >= 4 is 52.1 Å². The summed E-state index contributed by atoms with van der Waals surface area (Å²) in [6, 6.07) is 0. The molecule has 0 spiro atoms. The third kappa shape index (κ3) is 10.4. The van der Waals surface area contributed by atoms with Crippen LogP contribution in [0.1, 0.15) is 190 Å². The second-order valence-electron chi connectivity index (χ2n) is 21.5. The first-order chi connectivity index (χ1) is 29.0. The number of imide groups is 2. The number of thiazole rings is 1. The van der Waals surface area contributed by atoms with Crippen LogP contribution < -0.4 is 4.90 Å². The summed E-state index contributed by atoms with van der Waals surface area (Å²) in [5.41, 5.74) is -1.45. The Morgan fingerprint density at radius 3 is 1.76 bits per heavy atom. The average molecular weight is 878 g/mol. The molecule has 3 atom stereocenters. The summed E-state index contributed by atoms with van der Waals surface area (Å²) in [4.78, 5) is 81.9. The number of aromatic nitrogens is 1. The van der Waals surface area contributed by atoms with Crippen molar-refractivity contribution in [2.45, 2.75) is 197 Å². The molecule has 3 unspecified atom stereocenters. The first-order valence-corrected chi connectivity index (χ1v) is 24.7. The van der Waals surface area contributed by atoms with Crippen molar-refractivity contribution in [3.05, 3.63) is 27.3 Å². The number of unbranched alkanes of at least 4 members (excludes halogenated alkanes) is 2. The zero-order valence-corrected chi connectivity index (χ0v) is 41.3. The number of aliphatic hydroxyl groups is 1. The van der Waals surface area contributed by atoms with Crippen LogP contribution in [0.5, 0.6) is 0 Å². The normalized spacial score (nSPS) is 25.4. The number of aliphatic hydroxyl groups excluding tert-OH is 1. The van der Waals surface area contributed by atoms with Crippen molar-refractivity contribution in [2.24, 2.45) is 35.0 Å². The number of carbonyl (C=O) groups is 5. The second kappa shape index (κ2) is 19.8. The van der Waals surface area contributed by atoms with Crippen molar-refractivity contribution < 1.29 is 29.1 Å². The van der Waals surface area contributed by atoms with Crippen molar-refractivity contribution in [3.63, 3.8) is 0 Å². The summed E-state index contributed by atoms with van der Waals surface area (Å²) in [6.07, 6.45) is 13.8. The van der Waals surface area contributed by atoms with Crippen LogP contribution in [0.2, 0.25) is 0 Å². The predicted octanol–water partition coefficient (Wildman–Crippen LogP) is 10.2. The fourth-order valence-corrected chi connectivity index (χ4v) is 12.7. The van der Waals surface area contributed by atoms with Gasteiger partial charge in [-0.1, -0.05) is 98.3 Å². The number of hydrogen-bond donors (Lipinski definition) is 1. The summed E-state index contributed by atoms with van der Waals surface area (Å²) in [5.74, 6) is -1.17. The van der Waals surface area contributed by atoms with Gasteiger partial charge < -0.3 is 10.0 Å². The van der Waals surface area contributed by atoms with E-state index in [1.165, 1.54) is 25.2 Å². The molecule has 62 heavy (non-hydrogen) atoms. The van der Waals surface area contributed by atoms with E-state index in [-0.39, 0.29) is 16.7 Å². The lowest BCUT2D eigenvalue weighted by atomic mass is 9.49. The van der Waals surface area contributed by atoms with E-state index >= 15 is 9.59 Å². The van der Waals surface area contributed by atoms with Gasteiger partial charge >= 0.3 is 0 Å². The Morgan fingerprint density at radius 2 is 1.35 bits per heavy atom. The molecule has 4 fully saturated rings. The molecule has 2 heterocycles. The first-order valence-electron chi connectivity index (χ1n) is 23.9. The molecule has 11 nitrogen and oxygen atoms in total. The zero-order valence-electron chi connectivity index (χ0n) is 40.5. The fourth-order valence-electron chi connectivity index (χ4n) is 11.4. The van der Waals surface area contributed by atoms with Crippen LogP contribution in [0, 0.1) is 35.0 Å². The van der Waals surface area contributed by atoms with Crippen molar-refractivity contribution in [3.8, 4) is 0 Å². The molecule has 0 saturated heterocycles. The number of hydrazine groups is 1. The molecule has 4 saturated carbocycles. The highest BCUT2D eigenvalue weighted by atomic mass is 32.1. The van der Waals surface area contributed by atoms with Gasteiger partial charge in [0.1, 0.15) is 0 Å². The van der Waals surface area contributed by atoms with Gasteiger partial charge in [0.05, 0.1) is 21.6 Å². The van der Waals surface area contributed by atoms with Crippen LogP contribution in [0.4, 0.5) is 5.13 Å². The highest BCUT2D eigenvalue weighted by Crippen LogP contribution is 2.61. The van der Waals surface area contributed by atoms with Gasteiger partial charge in [-0.2, -0.15) is 5.01 Å². The monoisotopic (exact) mass is 878 g/mol. The Hall–Kier alpha value is -3.38. The summed E-state index contributed by atoms with van der Waals surface area (Å²) < 4.78 is 0. The van der Waals surface area contributed by atoms with Crippen LogP contribution in [-0.2, 0) is 29.4 Å². The summed E-state index contributed by atoms with van der Waals surface area (Å²) in [6.45, 7) is 26.3. The van der Waals surface area contributed by atoms with E-state index in [1.807, 2.05) is 0 Å². The highest BCUT2D eigenvalue weighted by molar-refractivity contribution is 7.16. The molecule has 5 aliphatic rings. The lowest BCUT2D eigenvalue weighted by Crippen LogP contribution is -2.65. The Morgan fingerprint density at radius 1 is 0.855 bits per heavy atom. The smallest absolute Gasteiger partial charge is 0.275 e. The van der Waals surface area contributed by atoms with E-state index in [2.05, 4.69) is 53.4 Å². The molecule has 12 heteroatoms. The average Bonchev–Trinajstić information content (AvgIpc) is 3.61. The molecule has 346 valence electrons. The topological polar surface area (TPSA) is 131 Å². The highest BCUT2D eigenvalue weighted by Gasteiger charge is 2.58. The van der Waals surface area contributed by atoms with Crippen molar-refractivity contribution in [1.82, 2.24) is 19.9 Å². The molecule has 0 aromatic carbocycles. The van der Waals surface area contributed by atoms with E-state index in [0.29, 0.717) is 48.9 Å². The quantitative estimate of drug-likeness (QED) is 0.153. The minimum absolute atomic E-state index is 0.0663. The molecular formula is C50H79N5O6S. The van der Waals surface area contributed by atoms with E-state index in [0.717, 1.165) is 114 Å². The van der Waals surface area contributed by atoms with E-state index in [1.54, 1.807) is 33.8 Å². The molecule has 1 aromatic rings. The molecule has 1 N–H and O–H groups in total. The van der Waals surface area contributed by atoms with Crippen molar-refractivity contribution in [1.29, 1.82) is 0 Å². The molecule has 4 bridgehead atoms. The van der Waals surface area contributed by atoms with Gasteiger partial charge in [0.15, 0.2) is 11.4 Å². The van der Waals surface area contributed by atoms with Gasteiger partial charge in [-0.3, -0.25) is 28.9 Å². The molecule has 6 rings (SSSR count). The Bertz CT molecular complexity index is 1850. The molecule has 5 amide bonds. The third-order valence-electron chi connectivity index (χ3n) is 14.3. The van der Waals surface area contributed by atoms with Crippen LogP contribution in [0.25, 0.3) is 6.08 Å². The number of nitrogens with zero attached hydrogens (tertiary/aromatic N) is 5. The molecule has 1 aromatic heterocycles. The summed E-state index contributed by atoms with van der Waals surface area (Å²) >= 11 is 1.52. The SMILES string of the molecule is CCCCC(CC)CN(CC(CC)CCCC)c1nc(C(C)(C)C)c(/C=C2\C(=O)N(N(C(C)=O)C(=O)C34CC5CC(CC(C5)C3)C4)C(O)C(C(=O)N(C(C)=O)C(C)(C)C)=C2C)s1. The minimum Gasteiger partial charge on any atom is -0.368 e. The number of amides is 5. The minimum atomic E-state index is -2.00. The van der Waals surface area contributed by atoms with Gasteiger partial charge in [0, 0.05) is 43.5 Å². The lowest BCUT2D eigenvalue weighted by Gasteiger charge is -2.57. The van der Waals surface area contributed by atoms with Crippen molar-refractivity contribution in [2.75, 3.05) is 18.0 Å². The van der Waals surface area contributed by atoms with Gasteiger partial charge in [-0.05, 0) is 120 Å². The van der Waals surface area contributed by atoms with E-state index < -0.39 is 52.1 Å². The number of hydrogen-bond acceptors (Lipinski definition) is 9. The second-order valence-corrected chi connectivity index (χ2v) is 22.5. The summed E-state index contributed by atoms with van der Waals surface area (Å²) in [5, 5.41) is 14.9. The predicted molar refractivity (Wildman–Crippen MR) is 249 cm³/mol. The Balaban J connectivity index is 1.71. The van der Waals surface area contributed by atoms with E-state index in [9.17, 15) is 19.5 Å². The fraction of sp³-hybridized carbons (Fsp3) is 0.760. The standard InChI is InChI=1S/C50H79N5O6S/c1-14-18-20-34(16-3)29-52(30-35(17-4)21-19-15-2)47-51-42(48(8,9)10)40(62-47)25-39-31(5)41(44(59)53(32(6)56)49(11,12)13)45(60)55(43(39)58)54(33(7)57)46(61)50-26-36-22-37(27-50)24-38(23-36)28-50/h25,34-38,45,60H,14-24,26-30H2,1-13H3/b39-25-. The first kappa shape index (κ1) is 49.6. The van der Waals surface area contributed by atoms with Gasteiger partial charge in [0.2, 0.25) is 11.8 Å². The van der Waals surface area contributed by atoms with Crippen LogP contribution in [0.3, 0.4) is 0 Å². The summed E-state index contributed by atoms with van der Waals surface area (Å²) in [7, 11) is 0. The van der Waals surface area contributed by atoms with Gasteiger partial charge in [-0.15, -0.1) is 0 Å². The largest absolute Gasteiger partial charge is 0.368 e. The maximum Gasteiger partial charge on any atom is 0.275 e. The number of carbonyl (C=O) groups excluding carboxylic acids is 5. The Kier molecular flexibility index (Phi) is 15.8. The van der Waals surface area contributed by atoms with Crippen LogP contribution >= 0.6 is 11.3 Å². The maximum atomic E-state index is 15.3. The Labute approximate surface area is 377 Å². The molecule has 0 radical (unpaired) electrons. The van der Waals surface area contributed by atoms with Crippen LogP contribution in [0.15, 0.2) is 16.7 Å². The van der Waals surface area contributed by atoms with Crippen LogP contribution in [-0.4, -0.2) is 79.4 Å². The number of anilines is 1. The van der Waals surface area contributed by atoms with Gasteiger partial charge in [0.25, 0.3) is 17.7 Å². The number of rotatable bonds is 17. The maximum absolute atomic E-state index is 15.3. The van der Waals surface area contributed by atoms with Gasteiger partial charge in [-0.25, -0.2) is 9.99 Å². The molecule has 1 aliphatic heterocycles.